The van der Waals surface area contributed by atoms with Gasteiger partial charge in [0.05, 0.1) is 24.4 Å². The van der Waals surface area contributed by atoms with Crippen LogP contribution >= 0.6 is 0 Å². The van der Waals surface area contributed by atoms with Crippen LogP contribution in [0.1, 0.15) is 69.4 Å². The maximum Gasteiger partial charge on any atom is 0.335 e. The van der Waals surface area contributed by atoms with Crippen LogP contribution in [0.2, 0.25) is 0 Å². The Balaban J connectivity index is 1.75. The van der Waals surface area contributed by atoms with E-state index in [-0.39, 0.29) is 37.6 Å². The van der Waals surface area contributed by atoms with Gasteiger partial charge in [-0.3, -0.25) is 0 Å². The first kappa shape index (κ1) is 35.6. The van der Waals surface area contributed by atoms with Crippen molar-refractivity contribution in [3.05, 3.63) is 84.0 Å². The zero-order valence-corrected chi connectivity index (χ0v) is 26.7. The maximum atomic E-state index is 11.8. The van der Waals surface area contributed by atoms with Crippen molar-refractivity contribution in [2.75, 3.05) is 39.6 Å². The minimum Gasteiger partial charge on any atom is -0.490 e. The Bertz CT molecular complexity index is 1270. The molecule has 244 valence electrons. The zero-order chi connectivity index (χ0) is 32.6. The average molecular weight is 621 g/mol. The van der Waals surface area contributed by atoms with Gasteiger partial charge >= 0.3 is 11.9 Å². The van der Waals surface area contributed by atoms with Crippen molar-refractivity contribution in [2.24, 2.45) is 5.92 Å². The largest absolute Gasteiger partial charge is 0.490 e. The highest BCUT2D eigenvalue weighted by molar-refractivity contribution is 5.88. The van der Waals surface area contributed by atoms with E-state index in [1.165, 1.54) is 49.7 Å². The van der Waals surface area contributed by atoms with E-state index in [4.69, 9.17) is 29.2 Å². The molecular weight excluding hydrogens is 572 g/mol. The van der Waals surface area contributed by atoms with Gasteiger partial charge in [-0.2, -0.15) is 0 Å². The third kappa shape index (κ3) is 11.2. The smallest absolute Gasteiger partial charge is 0.335 e. The summed E-state index contributed by atoms with van der Waals surface area (Å²) in [5.74, 6) is 1.09. The second-order valence-electron chi connectivity index (χ2n) is 11.3. The third-order valence-corrected chi connectivity index (χ3v) is 8.13. The number of rotatable bonds is 18. The van der Waals surface area contributed by atoms with Gasteiger partial charge in [0.25, 0.3) is 0 Å². The van der Waals surface area contributed by atoms with Crippen LogP contribution < -0.4 is 9.47 Å². The van der Waals surface area contributed by atoms with Gasteiger partial charge in [-0.15, -0.1) is 0 Å². The Kier molecular flexibility index (Phi) is 14.9. The summed E-state index contributed by atoms with van der Waals surface area (Å²) >= 11 is 0. The quantitative estimate of drug-likeness (QED) is 0.0843. The Morgan fingerprint density at radius 2 is 1.42 bits per heavy atom. The molecule has 8 nitrogen and oxygen atoms in total. The van der Waals surface area contributed by atoms with E-state index in [9.17, 15) is 9.59 Å². The standard InChI is InChI=1S/C37H48O8/c1-5-7-8-9-28-10-12-30(13-11-28)31-14-15-35(29(6-2)20-31)32-21-33(42-16-18-44-36(40)26(3)24-38)23-34(22-32)43-17-19-45-37(41)27(4)25-39/h5,7,14-15,20-23,28,30,38-39H,3-4,6,8-13,16-19,24-25H2,1-2H3/b7-5+. The molecule has 0 spiro atoms. The summed E-state index contributed by atoms with van der Waals surface area (Å²) in [6.45, 7) is 10.4. The minimum absolute atomic E-state index is 0.0184. The van der Waals surface area contributed by atoms with Gasteiger partial charge in [0.1, 0.15) is 37.9 Å². The molecule has 0 aromatic heterocycles. The lowest BCUT2D eigenvalue weighted by Crippen LogP contribution is -2.15. The van der Waals surface area contributed by atoms with Crippen molar-refractivity contribution >= 4 is 11.9 Å². The van der Waals surface area contributed by atoms with Crippen LogP contribution in [0.3, 0.4) is 0 Å². The van der Waals surface area contributed by atoms with Crippen LogP contribution in [0.5, 0.6) is 11.5 Å². The van der Waals surface area contributed by atoms with Crippen molar-refractivity contribution in [1.29, 1.82) is 0 Å². The van der Waals surface area contributed by atoms with E-state index < -0.39 is 25.2 Å². The fourth-order valence-corrected chi connectivity index (χ4v) is 5.54. The monoisotopic (exact) mass is 620 g/mol. The molecule has 0 bridgehead atoms. The molecule has 0 saturated heterocycles. The third-order valence-electron chi connectivity index (χ3n) is 8.13. The van der Waals surface area contributed by atoms with Crippen LogP contribution in [-0.2, 0) is 25.5 Å². The Morgan fingerprint density at radius 1 is 0.844 bits per heavy atom. The summed E-state index contributed by atoms with van der Waals surface area (Å²) in [6, 6.07) is 12.3. The first-order valence-corrected chi connectivity index (χ1v) is 15.9. The molecule has 1 fully saturated rings. The van der Waals surface area contributed by atoms with Crippen LogP contribution in [0.15, 0.2) is 72.9 Å². The molecular formula is C37H48O8. The van der Waals surface area contributed by atoms with Crippen molar-refractivity contribution in [3.63, 3.8) is 0 Å². The Labute approximate surface area is 267 Å². The fraction of sp³-hybridized carbons (Fsp3) is 0.459. The highest BCUT2D eigenvalue weighted by Crippen LogP contribution is 2.40. The number of aliphatic hydroxyl groups is 2. The SMILES string of the molecule is C=C(CO)C(=O)OCCOc1cc(OCCOC(=O)C(=C)CO)cc(-c2ccc(C3CCC(CC/C=C/C)CC3)cc2CC)c1. The number of aryl methyl sites for hydroxylation is 1. The zero-order valence-electron chi connectivity index (χ0n) is 26.7. The number of carbonyl (C=O) groups is 2. The van der Waals surface area contributed by atoms with Crippen LogP contribution in [0.25, 0.3) is 11.1 Å². The minimum atomic E-state index is -0.674. The lowest BCUT2D eigenvalue weighted by molar-refractivity contribution is -0.141. The second kappa shape index (κ2) is 18.8. The average Bonchev–Trinajstić information content (AvgIpc) is 3.07. The van der Waals surface area contributed by atoms with Crippen LogP contribution in [0, 0.1) is 5.92 Å². The molecule has 1 saturated carbocycles. The topological polar surface area (TPSA) is 112 Å². The first-order valence-electron chi connectivity index (χ1n) is 15.9. The molecule has 0 aliphatic heterocycles. The number of allylic oxidation sites excluding steroid dienone is 2. The summed E-state index contributed by atoms with van der Waals surface area (Å²) in [4.78, 5) is 23.6. The second-order valence-corrected chi connectivity index (χ2v) is 11.3. The van der Waals surface area contributed by atoms with E-state index >= 15 is 0 Å². The van der Waals surface area contributed by atoms with Crippen molar-refractivity contribution in [2.45, 2.75) is 64.7 Å². The van der Waals surface area contributed by atoms with Crippen LogP contribution in [-0.4, -0.2) is 61.8 Å². The molecule has 45 heavy (non-hydrogen) atoms. The number of hydrogen-bond donors (Lipinski definition) is 2. The summed E-state index contributed by atoms with van der Waals surface area (Å²) in [7, 11) is 0. The predicted octanol–water partition coefficient (Wildman–Crippen LogP) is 6.49. The fourth-order valence-electron chi connectivity index (χ4n) is 5.54. The van der Waals surface area contributed by atoms with Gasteiger partial charge in [-0.05, 0) is 98.1 Å². The molecule has 3 rings (SSSR count). The van der Waals surface area contributed by atoms with Gasteiger partial charge in [0.15, 0.2) is 0 Å². The molecule has 1 aliphatic rings. The molecule has 0 radical (unpaired) electrons. The van der Waals surface area contributed by atoms with Crippen molar-refractivity contribution in [3.8, 4) is 22.6 Å². The Hall–Kier alpha value is -3.88. The van der Waals surface area contributed by atoms with E-state index in [0.717, 1.165) is 23.5 Å². The summed E-state index contributed by atoms with van der Waals surface area (Å²) in [5.41, 5.74) is 4.57. The molecule has 0 heterocycles. The van der Waals surface area contributed by atoms with Gasteiger partial charge in [-0.25, -0.2) is 9.59 Å². The molecule has 0 unspecified atom stereocenters. The molecule has 0 atom stereocenters. The summed E-state index contributed by atoms with van der Waals surface area (Å²) < 4.78 is 22.0. The van der Waals surface area contributed by atoms with Gasteiger partial charge < -0.3 is 29.2 Å². The number of hydrogen-bond acceptors (Lipinski definition) is 8. The molecule has 8 heteroatoms. The number of ether oxygens (including phenoxy) is 4. The molecule has 2 aromatic rings. The number of benzene rings is 2. The van der Waals surface area contributed by atoms with Crippen molar-refractivity contribution < 1.29 is 38.7 Å². The first-order chi connectivity index (χ1) is 21.8. The van der Waals surface area contributed by atoms with Gasteiger partial charge in [0, 0.05) is 6.07 Å². The predicted molar refractivity (Wildman–Crippen MR) is 175 cm³/mol. The number of carbonyl (C=O) groups excluding carboxylic acids is 2. The normalized spacial score (nSPS) is 16.3. The van der Waals surface area contributed by atoms with Crippen LogP contribution in [0.4, 0.5) is 0 Å². The van der Waals surface area contributed by atoms with Crippen molar-refractivity contribution in [1.82, 2.24) is 0 Å². The van der Waals surface area contributed by atoms with E-state index in [2.05, 4.69) is 57.4 Å². The van der Waals surface area contributed by atoms with Gasteiger partial charge in [0.2, 0.25) is 0 Å². The summed E-state index contributed by atoms with van der Waals surface area (Å²) in [5, 5.41) is 18.1. The highest BCUT2D eigenvalue weighted by atomic mass is 16.6. The number of esters is 2. The Morgan fingerprint density at radius 3 is 1.93 bits per heavy atom. The highest BCUT2D eigenvalue weighted by Gasteiger charge is 2.23. The summed E-state index contributed by atoms with van der Waals surface area (Å²) in [6.07, 6.45) is 12.7. The van der Waals surface area contributed by atoms with E-state index in [1.807, 2.05) is 12.1 Å². The lowest BCUT2D eigenvalue weighted by Gasteiger charge is -2.29. The molecule has 2 N–H and O–H groups in total. The molecule has 0 amide bonds. The van der Waals surface area contributed by atoms with Gasteiger partial charge in [-0.1, -0.05) is 50.4 Å². The van der Waals surface area contributed by atoms with E-state index in [1.54, 1.807) is 6.07 Å². The maximum absolute atomic E-state index is 11.8. The molecule has 2 aromatic carbocycles. The number of aliphatic hydroxyl groups excluding tert-OH is 2. The lowest BCUT2D eigenvalue weighted by atomic mass is 9.76. The van der Waals surface area contributed by atoms with E-state index in [0.29, 0.717) is 17.4 Å². The molecule has 1 aliphatic carbocycles.